The molecule has 0 spiro atoms. The molecule has 0 fully saturated rings. The minimum atomic E-state index is 0.220. The quantitative estimate of drug-likeness (QED) is 0.664. The van der Waals surface area contributed by atoms with Crippen LogP contribution in [0.15, 0.2) is 46.9 Å². The standard InChI is InChI=1S/C17H14BrN3/c1-11(2)21-17(14-6-4-3-5-12(14)10-19)15-9-13(18)7-8-16(15)20-21/h3-9,11H,1-2H3. The van der Waals surface area contributed by atoms with Gasteiger partial charge >= 0.3 is 0 Å². The zero-order valence-corrected chi connectivity index (χ0v) is 13.4. The van der Waals surface area contributed by atoms with Crippen molar-refractivity contribution in [2.45, 2.75) is 19.9 Å². The average molecular weight is 340 g/mol. The Kier molecular flexibility index (Phi) is 3.52. The van der Waals surface area contributed by atoms with Gasteiger partial charge in [-0.2, -0.15) is 10.4 Å². The van der Waals surface area contributed by atoms with E-state index in [1.807, 2.05) is 41.1 Å². The first-order chi connectivity index (χ1) is 10.1. The second kappa shape index (κ2) is 5.34. The van der Waals surface area contributed by atoms with Crippen LogP contribution in [0.1, 0.15) is 25.5 Å². The van der Waals surface area contributed by atoms with Crippen molar-refractivity contribution < 1.29 is 0 Å². The van der Waals surface area contributed by atoms with Gasteiger partial charge in [0.25, 0.3) is 0 Å². The second-order valence-electron chi connectivity index (χ2n) is 5.21. The minimum Gasteiger partial charge on any atom is -0.261 e. The van der Waals surface area contributed by atoms with Crippen LogP contribution < -0.4 is 0 Å². The number of aromatic nitrogens is 2. The first-order valence-electron chi connectivity index (χ1n) is 6.79. The summed E-state index contributed by atoms with van der Waals surface area (Å²) < 4.78 is 3.00. The van der Waals surface area contributed by atoms with Crippen molar-refractivity contribution in [3.63, 3.8) is 0 Å². The zero-order chi connectivity index (χ0) is 15.0. The largest absolute Gasteiger partial charge is 0.261 e. The van der Waals surface area contributed by atoms with Crippen LogP contribution in [0.4, 0.5) is 0 Å². The van der Waals surface area contributed by atoms with Crippen molar-refractivity contribution in [1.82, 2.24) is 9.78 Å². The van der Waals surface area contributed by atoms with Crippen LogP contribution in [-0.2, 0) is 0 Å². The van der Waals surface area contributed by atoms with Crippen LogP contribution in [0.5, 0.6) is 0 Å². The van der Waals surface area contributed by atoms with Crippen LogP contribution >= 0.6 is 15.9 Å². The number of halogens is 1. The minimum absolute atomic E-state index is 0.220. The molecular weight excluding hydrogens is 326 g/mol. The van der Waals surface area contributed by atoms with Crippen molar-refractivity contribution in [3.05, 3.63) is 52.5 Å². The van der Waals surface area contributed by atoms with Crippen molar-refractivity contribution in [2.75, 3.05) is 0 Å². The zero-order valence-electron chi connectivity index (χ0n) is 11.8. The fourth-order valence-electron chi connectivity index (χ4n) is 2.50. The molecule has 0 aliphatic heterocycles. The van der Waals surface area contributed by atoms with Crippen LogP contribution in [0.25, 0.3) is 22.2 Å². The molecule has 0 aliphatic carbocycles. The molecular formula is C17H14BrN3. The molecule has 3 nitrogen and oxygen atoms in total. The van der Waals surface area contributed by atoms with E-state index in [4.69, 9.17) is 5.10 Å². The van der Waals surface area contributed by atoms with Crippen LogP contribution in [0.3, 0.4) is 0 Å². The van der Waals surface area contributed by atoms with Gasteiger partial charge in [-0.05, 0) is 38.1 Å². The van der Waals surface area contributed by atoms with E-state index in [1.54, 1.807) is 0 Å². The highest BCUT2D eigenvalue weighted by Gasteiger charge is 2.17. The lowest BCUT2D eigenvalue weighted by Crippen LogP contribution is -2.05. The Hall–Kier alpha value is -2.12. The molecule has 104 valence electrons. The third-order valence-corrected chi connectivity index (χ3v) is 3.94. The topological polar surface area (TPSA) is 41.6 Å². The Bertz CT molecular complexity index is 856. The van der Waals surface area contributed by atoms with E-state index in [1.165, 1.54) is 0 Å². The molecule has 0 atom stereocenters. The Morgan fingerprint density at radius 1 is 1.19 bits per heavy atom. The van der Waals surface area contributed by atoms with Crippen molar-refractivity contribution >= 4 is 26.8 Å². The monoisotopic (exact) mass is 339 g/mol. The summed E-state index contributed by atoms with van der Waals surface area (Å²) in [5.74, 6) is 0. The number of nitriles is 1. The maximum absolute atomic E-state index is 9.38. The van der Waals surface area contributed by atoms with Gasteiger partial charge < -0.3 is 0 Å². The van der Waals surface area contributed by atoms with Gasteiger partial charge in [-0.3, -0.25) is 4.68 Å². The summed E-state index contributed by atoms with van der Waals surface area (Å²) in [5.41, 5.74) is 3.53. The smallest absolute Gasteiger partial charge is 0.0998 e. The molecule has 0 aliphatic rings. The predicted octanol–water partition coefficient (Wildman–Crippen LogP) is 4.92. The van der Waals surface area contributed by atoms with E-state index in [0.29, 0.717) is 5.56 Å². The van der Waals surface area contributed by atoms with E-state index in [9.17, 15) is 5.26 Å². The third-order valence-electron chi connectivity index (χ3n) is 3.45. The van der Waals surface area contributed by atoms with Gasteiger partial charge in [0.2, 0.25) is 0 Å². The van der Waals surface area contributed by atoms with Gasteiger partial charge in [0.15, 0.2) is 0 Å². The Morgan fingerprint density at radius 3 is 2.67 bits per heavy atom. The van der Waals surface area contributed by atoms with E-state index in [0.717, 1.165) is 26.6 Å². The number of rotatable bonds is 2. The molecule has 3 rings (SSSR count). The molecule has 3 aromatic rings. The summed E-state index contributed by atoms with van der Waals surface area (Å²) in [5, 5.41) is 15.1. The third kappa shape index (κ3) is 2.34. The van der Waals surface area contributed by atoms with E-state index in [-0.39, 0.29) is 6.04 Å². The van der Waals surface area contributed by atoms with Gasteiger partial charge in [-0.1, -0.05) is 34.1 Å². The Balaban J connectivity index is 2.42. The number of hydrogen-bond donors (Lipinski definition) is 0. The van der Waals surface area contributed by atoms with Gasteiger partial charge in [0, 0.05) is 21.5 Å². The highest BCUT2D eigenvalue weighted by atomic mass is 79.9. The molecule has 21 heavy (non-hydrogen) atoms. The summed E-state index contributed by atoms with van der Waals surface area (Å²) in [6.45, 7) is 4.19. The maximum atomic E-state index is 9.38. The molecule has 1 heterocycles. The lowest BCUT2D eigenvalue weighted by atomic mass is 10.0. The van der Waals surface area contributed by atoms with Crippen molar-refractivity contribution in [2.24, 2.45) is 0 Å². The SMILES string of the molecule is CC(C)n1nc2ccc(Br)cc2c1-c1ccccc1C#N. The number of nitrogens with zero attached hydrogens (tertiary/aromatic N) is 3. The van der Waals surface area contributed by atoms with Crippen molar-refractivity contribution in [3.8, 4) is 17.3 Å². The highest BCUT2D eigenvalue weighted by molar-refractivity contribution is 9.10. The molecule has 0 saturated carbocycles. The lowest BCUT2D eigenvalue weighted by Gasteiger charge is -2.12. The van der Waals surface area contributed by atoms with Crippen molar-refractivity contribution in [1.29, 1.82) is 5.26 Å². The summed E-state index contributed by atoms with van der Waals surface area (Å²) in [7, 11) is 0. The molecule has 4 heteroatoms. The van der Waals surface area contributed by atoms with Crippen LogP contribution in [0, 0.1) is 11.3 Å². The van der Waals surface area contributed by atoms with Gasteiger partial charge in [0.1, 0.15) is 0 Å². The first-order valence-corrected chi connectivity index (χ1v) is 7.58. The number of hydrogen-bond acceptors (Lipinski definition) is 2. The van der Waals surface area contributed by atoms with Crippen LogP contribution in [-0.4, -0.2) is 9.78 Å². The fourth-order valence-corrected chi connectivity index (χ4v) is 2.86. The molecule has 0 bridgehead atoms. The normalized spacial score (nSPS) is 11.0. The summed E-state index contributed by atoms with van der Waals surface area (Å²) >= 11 is 3.52. The molecule has 0 saturated heterocycles. The highest BCUT2D eigenvalue weighted by Crippen LogP contribution is 2.34. The van der Waals surface area contributed by atoms with Gasteiger partial charge in [0.05, 0.1) is 22.8 Å². The Morgan fingerprint density at radius 2 is 1.95 bits per heavy atom. The first kappa shape index (κ1) is 13.8. The summed E-state index contributed by atoms with van der Waals surface area (Å²) in [6.07, 6.45) is 0. The average Bonchev–Trinajstić information content (AvgIpc) is 2.85. The second-order valence-corrected chi connectivity index (χ2v) is 6.12. The summed E-state index contributed by atoms with van der Waals surface area (Å²) in [6, 6.07) is 16.2. The molecule has 1 aromatic heterocycles. The van der Waals surface area contributed by atoms with E-state index in [2.05, 4.69) is 41.9 Å². The summed E-state index contributed by atoms with van der Waals surface area (Å²) in [4.78, 5) is 0. The molecule has 2 aromatic carbocycles. The van der Waals surface area contributed by atoms with Crippen LogP contribution in [0.2, 0.25) is 0 Å². The molecule has 0 radical (unpaired) electrons. The van der Waals surface area contributed by atoms with E-state index < -0.39 is 0 Å². The van der Waals surface area contributed by atoms with Gasteiger partial charge in [-0.25, -0.2) is 0 Å². The number of benzene rings is 2. The maximum Gasteiger partial charge on any atom is 0.0998 e. The molecule has 0 unspecified atom stereocenters. The molecule has 0 amide bonds. The Labute approximate surface area is 131 Å². The van der Waals surface area contributed by atoms with E-state index >= 15 is 0 Å². The predicted molar refractivity (Wildman–Crippen MR) is 88.0 cm³/mol. The molecule has 0 N–H and O–H groups in total. The van der Waals surface area contributed by atoms with Gasteiger partial charge in [-0.15, -0.1) is 0 Å². The number of fused-ring (bicyclic) bond motifs is 1. The lowest BCUT2D eigenvalue weighted by molar-refractivity contribution is 0.543. The fraction of sp³-hybridized carbons (Fsp3) is 0.176.